The second-order valence-corrected chi connectivity index (χ2v) is 9.29. The van der Waals surface area contributed by atoms with Gasteiger partial charge >= 0.3 is 0 Å². The van der Waals surface area contributed by atoms with Crippen LogP contribution in [0.2, 0.25) is 0 Å². The van der Waals surface area contributed by atoms with Crippen LogP contribution in [-0.4, -0.2) is 34.3 Å². The van der Waals surface area contributed by atoms with E-state index in [1.807, 2.05) is 70.6 Å². The fraction of sp³-hybridized carbons (Fsp3) is 0.167. The highest BCUT2D eigenvalue weighted by molar-refractivity contribution is 7.21. The Bertz CT molecular complexity index is 1390. The number of aromatic nitrogens is 2. The van der Waals surface area contributed by atoms with Crippen molar-refractivity contribution in [1.82, 2.24) is 14.3 Å². The first-order valence-corrected chi connectivity index (χ1v) is 11.8. The van der Waals surface area contributed by atoms with Crippen LogP contribution < -0.4 is 9.47 Å². The number of methoxy groups -OCH3 is 1. The fourth-order valence-corrected chi connectivity index (χ4v) is 5.35. The third-order valence-electron chi connectivity index (χ3n) is 5.18. The molecule has 162 valence electrons. The molecule has 0 atom stereocenters. The van der Waals surface area contributed by atoms with Crippen molar-refractivity contribution in [2.75, 3.05) is 14.2 Å². The van der Waals surface area contributed by atoms with Crippen LogP contribution in [0.4, 0.5) is 0 Å². The summed E-state index contributed by atoms with van der Waals surface area (Å²) in [5.74, 6) is 1.30. The Morgan fingerprint density at radius 1 is 1.09 bits per heavy atom. The van der Waals surface area contributed by atoms with Gasteiger partial charge in [0.1, 0.15) is 11.4 Å². The second kappa shape index (κ2) is 8.64. The van der Waals surface area contributed by atoms with Crippen molar-refractivity contribution in [3.8, 4) is 11.5 Å². The Balaban J connectivity index is 1.29. The molecule has 3 heterocycles. The molecule has 0 saturated carbocycles. The summed E-state index contributed by atoms with van der Waals surface area (Å²) >= 11 is 3.02. The standard InChI is InChI=1S/C24H21N3O3S2/c1-26(23(28)21-13-18-22(32-21)25-24-27(18)10-11-31-24)14-17-8-9-19(20(12-17)29-2)30-15-16-6-4-3-5-7-16/h3-13H,14-15H2,1-2H3. The molecule has 0 aliphatic heterocycles. The molecule has 0 fully saturated rings. The van der Waals surface area contributed by atoms with Crippen LogP contribution in [0.3, 0.4) is 0 Å². The topological polar surface area (TPSA) is 56.1 Å². The summed E-state index contributed by atoms with van der Waals surface area (Å²) in [4.78, 5) is 21.8. The lowest BCUT2D eigenvalue weighted by molar-refractivity contribution is 0.0790. The number of benzene rings is 2. The number of rotatable bonds is 7. The summed E-state index contributed by atoms with van der Waals surface area (Å²) < 4.78 is 13.5. The van der Waals surface area contributed by atoms with E-state index < -0.39 is 0 Å². The van der Waals surface area contributed by atoms with Gasteiger partial charge < -0.3 is 14.4 Å². The number of carbonyl (C=O) groups is 1. The first kappa shape index (κ1) is 20.5. The van der Waals surface area contributed by atoms with Gasteiger partial charge in [0.2, 0.25) is 0 Å². The number of thiazole rings is 1. The highest BCUT2D eigenvalue weighted by atomic mass is 32.1. The maximum Gasteiger partial charge on any atom is 0.264 e. The molecule has 2 aromatic carbocycles. The van der Waals surface area contributed by atoms with Crippen LogP contribution in [0.1, 0.15) is 20.8 Å². The van der Waals surface area contributed by atoms with E-state index in [-0.39, 0.29) is 5.91 Å². The summed E-state index contributed by atoms with van der Waals surface area (Å²) in [6, 6.07) is 17.7. The number of nitrogens with zero attached hydrogens (tertiary/aromatic N) is 3. The highest BCUT2D eigenvalue weighted by Crippen LogP contribution is 2.31. The Morgan fingerprint density at radius 3 is 2.75 bits per heavy atom. The molecule has 1 amide bonds. The van der Waals surface area contributed by atoms with Crippen LogP contribution in [-0.2, 0) is 13.2 Å². The summed E-state index contributed by atoms with van der Waals surface area (Å²) in [5.41, 5.74) is 3.03. The molecule has 0 N–H and O–H groups in total. The number of thiophene rings is 1. The van der Waals surface area contributed by atoms with Gasteiger partial charge in [0.25, 0.3) is 5.91 Å². The van der Waals surface area contributed by atoms with Gasteiger partial charge in [-0.05, 0) is 29.3 Å². The third-order valence-corrected chi connectivity index (χ3v) is 6.94. The van der Waals surface area contributed by atoms with E-state index in [2.05, 4.69) is 4.98 Å². The third kappa shape index (κ3) is 3.94. The van der Waals surface area contributed by atoms with Crippen molar-refractivity contribution in [3.63, 3.8) is 0 Å². The SMILES string of the molecule is COc1cc(CN(C)C(=O)c2cc3c(nc4sccn43)s2)ccc1OCc1ccccc1. The zero-order valence-electron chi connectivity index (χ0n) is 17.6. The first-order valence-electron chi connectivity index (χ1n) is 10.1. The largest absolute Gasteiger partial charge is 0.493 e. The molecule has 0 aliphatic carbocycles. The number of fused-ring (bicyclic) bond motifs is 3. The Kier molecular flexibility index (Phi) is 5.55. The average molecular weight is 464 g/mol. The van der Waals surface area contributed by atoms with Gasteiger partial charge in [-0.2, -0.15) is 0 Å². The van der Waals surface area contributed by atoms with E-state index in [1.54, 1.807) is 30.4 Å². The van der Waals surface area contributed by atoms with Crippen LogP contribution in [0.15, 0.2) is 66.2 Å². The normalized spacial score (nSPS) is 11.2. The highest BCUT2D eigenvalue weighted by Gasteiger charge is 2.19. The smallest absolute Gasteiger partial charge is 0.264 e. The molecule has 32 heavy (non-hydrogen) atoms. The molecule has 0 bridgehead atoms. The molecule has 5 rings (SSSR count). The number of hydrogen-bond acceptors (Lipinski definition) is 6. The molecular formula is C24H21N3O3S2. The van der Waals surface area contributed by atoms with Crippen molar-refractivity contribution in [1.29, 1.82) is 0 Å². The lowest BCUT2D eigenvalue weighted by Gasteiger charge is -2.18. The number of imidazole rings is 1. The molecule has 0 saturated heterocycles. The van der Waals surface area contributed by atoms with Crippen molar-refractivity contribution < 1.29 is 14.3 Å². The van der Waals surface area contributed by atoms with Crippen molar-refractivity contribution >= 4 is 43.9 Å². The molecule has 0 spiro atoms. The molecule has 8 heteroatoms. The van der Waals surface area contributed by atoms with Gasteiger partial charge in [0, 0.05) is 25.2 Å². The lowest BCUT2D eigenvalue weighted by Crippen LogP contribution is -2.25. The minimum atomic E-state index is -0.0275. The van der Waals surface area contributed by atoms with E-state index in [1.165, 1.54) is 11.3 Å². The molecule has 0 radical (unpaired) electrons. The number of ether oxygens (including phenoxy) is 2. The van der Waals surface area contributed by atoms with Crippen LogP contribution in [0.25, 0.3) is 15.3 Å². The Labute approximate surface area is 193 Å². The maximum absolute atomic E-state index is 13.0. The van der Waals surface area contributed by atoms with E-state index in [9.17, 15) is 4.79 Å². The molecule has 0 aliphatic rings. The van der Waals surface area contributed by atoms with Crippen LogP contribution in [0.5, 0.6) is 11.5 Å². The van der Waals surface area contributed by atoms with Gasteiger partial charge in [0.05, 0.1) is 17.5 Å². The Hall–Kier alpha value is -3.36. The number of amides is 1. The molecule has 5 aromatic rings. The predicted molar refractivity (Wildman–Crippen MR) is 128 cm³/mol. The summed E-state index contributed by atoms with van der Waals surface area (Å²) in [7, 11) is 3.43. The van der Waals surface area contributed by atoms with E-state index in [4.69, 9.17) is 9.47 Å². The summed E-state index contributed by atoms with van der Waals surface area (Å²) in [5, 5.41) is 1.99. The van der Waals surface area contributed by atoms with Crippen molar-refractivity contribution in [3.05, 3.63) is 82.2 Å². The van der Waals surface area contributed by atoms with Crippen LogP contribution in [0, 0.1) is 0 Å². The predicted octanol–water partition coefficient (Wildman–Crippen LogP) is 5.47. The van der Waals surface area contributed by atoms with Gasteiger partial charge in [0.15, 0.2) is 16.5 Å². The average Bonchev–Trinajstić information content (AvgIpc) is 3.51. The number of carbonyl (C=O) groups excluding carboxylic acids is 1. The zero-order valence-corrected chi connectivity index (χ0v) is 19.3. The van der Waals surface area contributed by atoms with Gasteiger partial charge in [-0.1, -0.05) is 36.4 Å². The summed E-state index contributed by atoms with van der Waals surface area (Å²) in [6.45, 7) is 0.928. The van der Waals surface area contributed by atoms with Gasteiger partial charge in [-0.15, -0.1) is 22.7 Å². The molecule has 0 unspecified atom stereocenters. The Morgan fingerprint density at radius 2 is 1.94 bits per heavy atom. The van der Waals surface area contributed by atoms with E-state index >= 15 is 0 Å². The van der Waals surface area contributed by atoms with Crippen LogP contribution >= 0.6 is 22.7 Å². The lowest BCUT2D eigenvalue weighted by atomic mass is 10.2. The molecule has 3 aromatic heterocycles. The van der Waals surface area contributed by atoms with E-state index in [0.717, 1.165) is 26.4 Å². The zero-order chi connectivity index (χ0) is 22.1. The monoisotopic (exact) mass is 463 g/mol. The van der Waals surface area contributed by atoms with Gasteiger partial charge in [-0.3, -0.25) is 9.20 Å². The van der Waals surface area contributed by atoms with Gasteiger partial charge in [-0.25, -0.2) is 4.98 Å². The second-order valence-electron chi connectivity index (χ2n) is 7.39. The maximum atomic E-state index is 13.0. The minimum absolute atomic E-state index is 0.0275. The van der Waals surface area contributed by atoms with Crippen molar-refractivity contribution in [2.24, 2.45) is 0 Å². The molecule has 6 nitrogen and oxygen atoms in total. The number of hydrogen-bond donors (Lipinski definition) is 0. The van der Waals surface area contributed by atoms with E-state index in [0.29, 0.717) is 29.5 Å². The molecular weight excluding hydrogens is 442 g/mol. The first-order chi connectivity index (χ1) is 15.6. The fourth-order valence-electron chi connectivity index (χ4n) is 3.55. The quantitative estimate of drug-likeness (QED) is 0.321. The van der Waals surface area contributed by atoms with Crippen molar-refractivity contribution in [2.45, 2.75) is 13.2 Å². The minimum Gasteiger partial charge on any atom is -0.493 e. The summed E-state index contributed by atoms with van der Waals surface area (Å²) in [6.07, 6.45) is 1.98.